The van der Waals surface area contributed by atoms with E-state index in [1.165, 1.54) is 18.2 Å². The van der Waals surface area contributed by atoms with Crippen molar-refractivity contribution < 1.29 is 26.3 Å². The number of benzene rings is 2. The molecule has 2 aromatic carbocycles. The summed E-state index contributed by atoms with van der Waals surface area (Å²) in [6.07, 6.45) is -8.16. The van der Waals surface area contributed by atoms with E-state index >= 15 is 0 Å². The summed E-state index contributed by atoms with van der Waals surface area (Å²) in [7, 11) is 0. The third kappa shape index (κ3) is 4.33. The molecule has 1 aromatic heterocycles. The first-order valence-electron chi connectivity index (χ1n) is 7.45. The fourth-order valence-corrected chi connectivity index (χ4v) is 2.20. The first-order chi connectivity index (χ1) is 12.6. The highest BCUT2D eigenvalue weighted by Gasteiger charge is 2.37. The molecule has 4 nitrogen and oxygen atoms in total. The van der Waals surface area contributed by atoms with Crippen molar-refractivity contribution in [1.29, 1.82) is 0 Å². The number of hydrogen-bond acceptors (Lipinski definition) is 4. The Bertz CT molecular complexity index is 977. The van der Waals surface area contributed by atoms with E-state index in [4.69, 9.17) is 0 Å². The molecule has 0 unspecified atom stereocenters. The minimum atomic E-state index is -4.76. The van der Waals surface area contributed by atoms with Crippen molar-refractivity contribution in [3.63, 3.8) is 0 Å². The molecule has 0 fully saturated rings. The van der Waals surface area contributed by atoms with Gasteiger partial charge in [0.25, 0.3) is 0 Å². The van der Waals surface area contributed by atoms with Crippen LogP contribution in [0.25, 0.3) is 11.0 Å². The molecule has 3 aromatic rings. The van der Waals surface area contributed by atoms with Crippen molar-refractivity contribution in [3.8, 4) is 0 Å². The number of fused-ring (bicyclic) bond motifs is 1. The summed E-state index contributed by atoms with van der Waals surface area (Å²) in [5.41, 5.74) is 0.641. The quantitative estimate of drug-likeness (QED) is 0.388. The van der Waals surface area contributed by atoms with Gasteiger partial charge >= 0.3 is 12.4 Å². The second-order valence-electron chi connectivity index (χ2n) is 5.40. The van der Waals surface area contributed by atoms with Gasteiger partial charge in [-0.2, -0.15) is 31.4 Å². The van der Waals surface area contributed by atoms with Crippen molar-refractivity contribution in [3.05, 3.63) is 65.4 Å². The molecule has 0 spiro atoms. The van der Waals surface area contributed by atoms with Crippen LogP contribution in [0.1, 0.15) is 16.8 Å². The largest absolute Gasteiger partial charge is 0.437 e. The van der Waals surface area contributed by atoms with Crippen LogP contribution in [0.4, 0.5) is 32.2 Å². The Morgan fingerprint density at radius 2 is 1.37 bits per heavy atom. The zero-order chi connectivity index (χ0) is 19.7. The third-order valence-corrected chi connectivity index (χ3v) is 3.46. The average molecular weight is 384 g/mol. The summed E-state index contributed by atoms with van der Waals surface area (Å²) in [6, 6.07) is 10.00. The van der Waals surface area contributed by atoms with E-state index in [-0.39, 0.29) is 16.6 Å². The monoisotopic (exact) mass is 384 g/mol. The first-order valence-corrected chi connectivity index (χ1v) is 7.45. The Labute approximate surface area is 148 Å². The molecule has 0 amide bonds. The molecule has 0 aliphatic carbocycles. The van der Waals surface area contributed by atoms with Gasteiger partial charge in [-0.15, -0.1) is 0 Å². The van der Waals surface area contributed by atoms with Gasteiger partial charge in [0.2, 0.25) is 0 Å². The maximum atomic E-state index is 13.2. The maximum absolute atomic E-state index is 13.2. The van der Waals surface area contributed by atoms with E-state index in [9.17, 15) is 26.3 Å². The van der Waals surface area contributed by atoms with Crippen molar-refractivity contribution in [1.82, 2.24) is 9.97 Å². The maximum Gasteiger partial charge on any atom is 0.437 e. The number of halogens is 6. The van der Waals surface area contributed by atoms with E-state index in [0.717, 1.165) is 30.5 Å². The summed E-state index contributed by atoms with van der Waals surface area (Å²) in [5, 5.41) is 3.63. The van der Waals surface area contributed by atoms with E-state index in [0.29, 0.717) is 0 Å². The van der Waals surface area contributed by atoms with Crippen LogP contribution in [0, 0.1) is 0 Å². The molecule has 0 saturated carbocycles. The van der Waals surface area contributed by atoms with Gasteiger partial charge in [0.1, 0.15) is 0 Å². The van der Waals surface area contributed by atoms with E-state index in [1.807, 2.05) is 0 Å². The van der Waals surface area contributed by atoms with Crippen LogP contribution in [0.5, 0.6) is 0 Å². The number of nitrogens with zero attached hydrogens (tertiary/aromatic N) is 3. The van der Waals surface area contributed by atoms with Gasteiger partial charge in [-0.1, -0.05) is 24.3 Å². The van der Waals surface area contributed by atoms with Crippen molar-refractivity contribution in [2.24, 2.45) is 5.10 Å². The lowest BCUT2D eigenvalue weighted by atomic mass is 10.1. The predicted molar refractivity (Wildman–Crippen MR) is 87.2 cm³/mol. The summed E-state index contributed by atoms with van der Waals surface area (Å²) in [5.74, 6) is -0.607. The van der Waals surface area contributed by atoms with Crippen LogP contribution < -0.4 is 5.43 Å². The second kappa shape index (κ2) is 6.86. The van der Waals surface area contributed by atoms with Crippen LogP contribution >= 0.6 is 0 Å². The molecule has 10 heteroatoms. The normalized spacial score (nSPS) is 12.7. The van der Waals surface area contributed by atoms with E-state index in [2.05, 4.69) is 20.5 Å². The Morgan fingerprint density at radius 1 is 0.778 bits per heavy atom. The summed E-state index contributed by atoms with van der Waals surface area (Å²) >= 11 is 0. The van der Waals surface area contributed by atoms with Crippen molar-refractivity contribution in [2.45, 2.75) is 12.4 Å². The number of rotatable bonds is 3. The Morgan fingerprint density at radius 3 is 1.93 bits per heavy atom. The number of hydrazone groups is 1. The van der Waals surface area contributed by atoms with Gasteiger partial charge < -0.3 is 0 Å². The molecule has 1 N–H and O–H groups in total. The van der Waals surface area contributed by atoms with Gasteiger partial charge in [-0.25, -0.2) is 9.97 Å². The third-order valence-electron chi connectivity index (χ3n) is 3.46. The highest BCUT2D eigenvalue weighted by Crippen LogP contribution is 2.33. The molecule has 3 rings (SSSR count). The lowest BCUT2D eigenvalue weighted by molar-refractivity contribution is -0.140. The van der Waals surface area contributed by atoms with Crippen LogP contribution in [-0.2, 0) is 12.4 Å². The fraction of sp³-hybridized carbons (Fsp3) is 0.118. The van der Waals surface area contributed by atoms with Gasteiger partial charge in [-0.3, -0.25) is 5.43 Å². The number of anilines is 1. The van der Waals surface area contributed by atoms with Crippen LogP contribution in [-0.4, -0.2) is 16.2 Å². The molecular formula is C17H10F6N4. The SMILES string of the molecule is FC(F)(F)c1ccc(C=NNc2nc3ccccc3nc2C(F)(F)F)cc1. The Balaban J connectivity index is 1.86. The second-order valence-corrected chi connectivity index (χ2v) is 5.40. The van der Waals surface area contributed by atoms with Crippen LogP contribution in [0.3, 0.4) is 0 Å². The summed E-state index contributed by atoms with van der Waals surface area (Å²) in [4.78, 5) is 7.42. The highest BCUT2D eigenvalue weighted by molar-refractivity contribution is 5.81. The fourth-order valence-electron chi connectivity index (χ4n) is 2.20. The smallest absolute Gasteiger partial charge is 0.260 e. The van der Waals surface area contributed by atoms with Crippen molar-refractivity contribution >= 4 is 23.1 Å². The molecule has 140 valence electrons. The molecular weight excluding hydrogens is 374 g/mol. The Kier molecular flexibility index (Phi) is 4.73. The van der Waals surface area contributed by atoms with Gasteiger partial charge in [0, 0.05) is 0 Å². The zero-order valence-electron chi connectivity index (χ0n) is 13.3. The van der Waals surface area contributed by atoms with Gasteiger partial charge in [0.15, 0.2) is 11.5 Å². The van der Waals surface area contributed by atoms with E-state index in [1.54, 1.807) is 6.07 Å². The Hall–Kier alpha value is -3.17. The average Bonchev–Trinajstić information content (AvgIpc) is 2.60. The highest BCUT2D eigenvalue weighted by atomic mass is 19.4. The molecule has 0 saturated heterocycles. The number of nitrogens with one attached hydrogen (secondary N) is 1. The number of hydrogen-bond donors (Lipinski definition) is 1. The summed E-state index contributed by atoms with van der Waals surface area (Å²) < 4.78 is 77.1. The molecule has 0 aliphatic heterocycles. The molecule has 0 atom stereocenters. The van der Waals surface area contributed by atoms with Gasteiger partial charge in [-0.05, 0) is 29.8 Å². The number of aromatic nitrogens is 2. The minimum Gasteiger partial charge on any atom is -0.260 e. The van der Waals surface area contributed by atoms with Crippen LogP contribution in [0.15, 0.2) is 53.6 Å². The van der Waals surface area contributed by atoms with Gasteiger partial charge in [0.05, 0.1) is 22.8 Å². The summed E-state index contributed by atoms with van der Waals surface area (Å²) in [6.45, 7) is 0. The zero-order valence-corrected chi connectivity index (χ0v) is 13.3. The lowest BCUT2D eigenvalue weighted by Crippen LogP contribution is -2.13. The van der Waals surface area contributed by atoms with Crippen molar-refractivity contribution in [2.75, 3.05) is 5.43 Å². The number of alkyl halides is 6. The topological polar surface area (TPSA) is 50.2 Å². The van der Waals surface area contributed by atoms with E-state index < -0.39 is 29.4 Å². The number of para-hydroxylation sites is 2. The predicted octanol–water partition coefficient (Wildman–Crippen LogP) is 5.11. The molecule has 0 radical (unpaired) electrons. The lowest BCUT2D eigenvalue weighted by Gasteiger charge is -2.11. The molecule has 27 heavy (non-hydrogen) atoms. The minimum absolute atomic E-state index is 0.0714. The molecule has 0 bridgehead atoms. The molecule has 1 heterocycles. The first kappa shape index (κ1) is 18.6. The molecule has 0 aliphatic rings. The standard InChI is InChI=1S/C17H10F6N4/c18-16(19,20)11-7-5-10(6-8-11)9-24-27-15-14(17(21,22)23)25-12-3-1-2-4-13(12)26-15/h1-9H,(H,26,27). The van der Waals surface area contributed by atoms with Crippen LogP contribution in [0.2, 0.25) is 0 Å².